The lowest BCUT2D eigenvalue weighted by atomic mass is 9.59. The Kier molecular flexibility index (Phi) is 7.32. The lowest BCUT2D eigenvalue weighted by molar-refractivity contribution is -0.0652. The van der Waals surface area contributed by atoms with Gasteiger partial charge in [-0.3, -0.25) is 0 Å². The molecule has 35 heavy (non-hydrogen) atoms. The van der Waals surface area contributed by atoms with Crippen molar-refractivity contribution in [1.82, 2.24) is 4.31 Å². The maximum Gasteiger partial charge on any atom is 0.211 e. The second kappa shape index (κ2) is 9.82. The summed E-state index contributed by atoms with van der Waals surface area (Å²) in [5.74, 6) is 1.94. The average molecular weight is 538 g/mol. The van der Waals surface area contributed by atoms with Crippen LogP contribution in [0.5, 0.6) is 11.5 Å². The molecule has 0 aromatic heterocycles. The van der Waals surface area contributed by atoms with Gasteiger partial charge in [0.2, 0.25) is 10.0 Å². The van der Waals surface area contributed by atoms with Gasteiger partial charge in [0.05, 0.1) is 29.3 Å². The molecule has 2 aliphatic rings. The maximum absolute atomic E-state index is 11.6. The minimum atomic E-state index is -3.07. The molecule has 0 N–H and O–H groups in total. The normalized spacial score (nSPS) is 17.9. The van der Waals surface area contributed by atoms with Gasteiger partial charge in [0.25, 0.3) is 0 Å². The van der Waals surface area contributed by atoms with Gasteiger partial charge in [-0.2, -0.15) is 5.26 Å². The Balaban J connectivity index is 1.36. The van der Waals surface area contributed by atoms with E-state index in [2.05, 4.69) is 19.9 Å². The first-order valence-electron chi connectivity index (χ1n) is 11.6. The number of nitrogens with zero attached hydrogens (tertiary/aromatic N) is 2. The number of rotatable bonds is 9. The summed E-state index contributed by atoms with van der Waals surface area (Å²) in [6.45, 7) is 6.37. The highest BCUT2D eigenvalue weighted by atomic mass is 35.5. The number of sulfonamides is 1. The largest absolute Gasteiger partial charge is 0.493 e. The SMILES string of the molecule is CC(C)(c1ccc(OCC2CC3(C2)CN(S(C)(=O)=O)C3)cc1)c1cc(Cl)c(OCCCl)c(C#N)c1. The first kappa shape index (κ1) is 26.1. The summed E-state index contributed by atoms with van der Waals surface area (Å²) < 4.78 is 36.3. The Morgan fingerprint density at radius 1 is 1.14 bits per heavy atom. The maximum atomic E-state index is 11.6. The van der Waals surface area contributed by atoms with Gasteiger partial charge in [-0.25, -0.2) is 12.7 Å². The van der Waals surface area contributed by atoms with Crippen molar-refractivity contribution >= 4 is 33.2 Å². The standard InChI is InChI=1S/C26H30Cl2N2O4S/c1-25(2,21-10-19(14-29)24(23(28)11-21)33-9-8-27)20-4-6-22(7-5-20)34-15-18-12-26(13-18)16-30(17-26)35(3,31)32/h4-7,10-11,18H,8-9,12-13,15-17H2,1-3H3. The van der Waals surface area contributed by atoms with Gasteiger partial charge < -0.3 is 9.47 Å². The number of halogens is 2. The Labute approximate surface area is 217 Å². The molecule has 0 bridgehead atoms. The third-order valence-corrected chi connectivity index (χ3v) is 8.84. The van der Waals surface area contributed by atoms with Crippen molar-refractivity contribution in [2.24, 2.45) is 11.3 Å². The highest BCUT2D eigenvalue weighted by Gasteiger charge is 2.54. The van der Waals surface area contributed by atoms with E-state index in [9.17, 15) is 13.7 Å². The molecule has 9 heteroatoms. The number of hydrogen-bond donors (Lipinski definition) is 0. The molecule has 2 aromatic rings. The lowest BCUT2D eigenvalue weighted by Crippen LogP contribution is -2.63. The molecule has 0 atom stereocenters. The quantitative estimate of drug-likeness (QED) is 0.411. The third kappa shape index (κ3) is 5.41. The van der Waals surface area contributed by atoms with Crippen LogP contribution in [0.4, 0.5) is 0 Å². The summed E-state index contributed by atoms with van der Waals surface area (Å²) >= 11 is 12.2. The van der Waals surface area contributed by atoms with Crippen molar-refractivity contribution in [1.29, 1.82) is 5.26 Å². The van der Waals surface area contributed by atoms with E-state index in [-0.39, 0.29) is 12.0 Å². The van der Waals surface area contributed by atoms with E-state index >= 15 is 0 Å². The molecule has 188 valence electrons. The van der Waals surface area contributed by atoms with E-state index in [1.54, 1.807) is 4.31 Å². The Morgan fingerprint density at radius 3 is 2.37 bits per heavy atom. The molecule has 1 spiro atoms. The van der Waals surface area contributed by atoms with Crippen molar-refractivity contribution < 1.29 is 17.9 Å². The van der Waals surface area contributed by atoms with Crippen molar-refractivity contribution in [3.63, 3.8) is 0 Å². The number of nitriles is 1. The summed E-state index contributed by atoms with van der Waals surface area (Å²) in [6.07, 6.45) is 3.29. The molecule has 1 aliphatic heterocycles. The fraction of sp³-hybridized carbons (Fsp3) is 0.500. The molecule has 6 nitrogen and oxygen atoms in total. The number of alkyl halides is 1. The monoisotopic (exact) mass is 536 g/mol. The van der Waals surface area contributed by atoms with Crippen LogP contribution in [-0.4, -0.2) is 51.2 Å². The van der Waals surface area contributed by atoms with Gasteiger partial charge in [0.1, 0.15) is 18.4 Å². The zero-order chi connectivity index (χ0) is 25.4. The first-order valence-corrected chi connectivity index (χ1v) is 14.3. The van der Waals surface area contributed by atoms with Gasteiger partial charge in [-0.15, -0.1) is 11.6 Å². The predicted molar refractivity (Wildman–Crippen MR) is 138 cm³/mol. The van der Waals surface area contributed by atoms with Crippen LogP contribution in [0.15, 0.2) is 36.4 Å². The van der Waals surface area contributed by atoms with Gasteiger partial charge >= 0.3 is 0 Å². The van der Waals surface area contributed by atoms with Crippen LogP contribution in [0, 0.1) is 22.7 Å². The molecule has 1 aliphatic carbocycles. The van der Waals surface area contributed by atoms with Crippen LogP contribution in [0.25, 0.3) is 0 Å². The fourth-order valence-corrected chi connectivity index (χ4v) is 6.52. The number of hydrogen-bond acceptors (Lipinski definition) is 5. The van der Waals surface area contributed by atoms with Crippen LogP contribution < -0.4 is 9.47 Å². The zero-order valence-electron chi connectivity index (χ0n) is 20.2. The zero-order valence-corrected chi connectivity index (χ0v) is 22.5. The summed E-state index contributed by atoms with van der Waals surface area (Å²) in [5, 5.41) is 9.99. The van der Waals surface area contributed by atoms with E-state index in [1.807, 2.05) is 36.4 Å². The number of ether oxygens (including phenoxy) is 2. The molecule has 0 radical (unpaired) electrons. The molecule has 2 aromatic carbocycles. The molecule has 1 saturated carbocycles. The van der Waals surface area contributed by atoms with Crippen LogP contribution in [0.1, 0.15) is 43.4 Å². The second-order valence-electron chi connectivity index (χ2n) is 10.2. The van der Waals surface area contributed by atoms with Gasteiger partial charge in [-0.05, 0) is 59.6 Å². The van der Waals surface area contributed by atoms with Crippen LogP contribution >= 0.6 is 23.2 Å². The molecule has 2 fully saturated rings. The minimum Gasteiger partial charge on any atom is -0.493 e. The Bertz CT molecular complexity index is 1230. The van der Waals surface area contributed by atoms with E-state index in [0.717, 1.165) is 29.7 Å². The Morgan fingerprint density at radius 2 is 1.80 bits per heavy atom. The van der Waals surface area contributed by atoms with Crippen molar-refractivity contribution in [3.8, 4) is 17.6 Å². The summed E-state index contributed by atoms with van der Waals surface area (Å²) in [6, 6.07) is 13.8. The van der Waals surface area contributed by atoms with Gasteiger partial charge in [0, 0.05) is 18.5 Å². The highest BCUT2D eigenvalue weighted by Crippen LogP contribution is 2.52. The minimum absolute atomic E-state index is 0.166. The topological polar surface area (TPSA) is 79.6 Å². The van der Waals surface area contributed by atoms with Crippen LogP contribution in [-0.2, 0) is 15.4 Å². The van der Waals surface area contributed by atoms with Gasteiger partial charge in [-0.1, -0.05) is 37.6 Å². The van der Waals surface area contributed by atoms with Crippen molar-refractivity contribution in [3.05, 3.63) is 58.1 Å². The molecule has 1 heterocycles. The summed E-state index contributed by atoms with van der Waals surface area (Å²) in [7, 11) is -3.07. The molecule has 0 amide bonds. The van der Waals surface area contributed by atoms with E-state index < -0.39 is 15.4 Å². The first-order chi connectivity index (χ1) is 16.5. The van der Waals surface area contributed by atoms with Crippen molar-refractivity contribution in [2.45, 2.75) is 32.1 Å². The Hall–Kier alpha value is -1.98. The van der Waals surface area contributed by atoms with Gasteiger partial charge in [0.15, 0.2) is 5.75 Å². The third-order valence-electron chi connectivity index (χ3n) is 7.21. The lowest BCUT2D eigenvalue weighted by Gasteiger charge is -2.58. The summed E-state index contributed by atoms with van der Waals surface area (Å²) in [4.78, 5) is 0. The van der Waals surface area contributed by atoms with Crippen LogP contribution in [0.2, 0.25) is 5.02 Å². The van der Waals surface area contributed by atoms with Crippen molar-refractivity contribution in [2.75, 3.05) is 38.4 Å². The predicted octanol–water partition coefficient (Wildman–Crippen LogP) is 5.21. The fourth-order valence-electron chi connectivity index (χ4n) is 5.15. The molecular weight excluding hydrogens is 507 g/mol. The summed E-state index contributed by atoms with van der Waals surface area (Å²) in [5.41, 5.74) is 2.13. The van der Waals surface area contributed by atoms with E-state index in [4.69, 9.17) is 32.7 Å². The second-order valence-corrected chi connectivity index (χ2v) is 13.0. The average Bonchev–Trinajstić information content (AvgIpc) is 2.75. The van der Waals surface area contributed by atoms with E-state index in [0.29, 0.717) is 47.8 Å². The highest BCUT2D eigenvalue weighted by molar-refractivity contribution is 7.88. The smallest absolute Gasteiger partial charge is 0.211 e. The molecular formula is C26H30Cl2N2O4S. The molecule has 0 unspecified atom stereocenters. The van der Waals surface area contributed by atoms with Crippen LogP contribution in [0.3, 0.4) is 0 Å². The molecule has 1 saturated heterocycles. The number of benzene rings is 2. The molecule has 4 rings (SSSR count). The van der Waals surface area contributed by atoms with E-state index in [1.165, 1.54) is 6.26 Å².